The number of aliphatic imine (C=N–C) groups is 1. The lowest BCUT2D eigenvalue weighted by atomic mass is 9.93. The lowest BCUT2D eigenvalue weighted by Gasteiger charge is -2.25. The first kappa shape index (κ1) is 13.6. The first-order valence-electron chi connectivity index (χ1n) is 6.92. The summed E-state index contributed by atoms with van der Waals surface area (Å²) in [4.78, 5) is 9.22. The van der Waals surface area contributed by atoms with Gasteiger partial charge in [-0.25, -0.2) is 4.98 Å². The van der Waals surface area contributed by atoms with Crippen LogP contribution in [0.2, 0.25) is 5.02 Å². The number of thiazole rings is 1. The molecule has 0 radical (unpaired) electrons. The van der Waals surface area contributed by atoms with Crippen LogP contribution in [0.3, 0.4) is 0 Å². The molecule has 2 nitrogen and oxygen atoms in total. The van der Waals surface area contributed by atoms with E-state index in [1.165, 1.54) is 5.57 Å². The molecule has 0 bridgehead atoms. The van der Waals surface area contributed by atoms with Gasteiger partial charge in [0.25, 0.3) is 0 Å². The van der Waals surface area contributed by atoms with Gasteiger partial charge in [-0.15, -0.1) is 11.3 Å². The molecule has 1 aliphatic heterocycles. The molecular formula is C16H13ClN2S2. The van der Waals surface area contributed by atoms with Crippen LogP contribution >= 0.6 is 34.7 Å². The number of halogens is 1. The highest BCUT2D eigenvalue weighted by Gasteiger charge is 2.23. The molecule has 0 saturated heterocycles. The van der Waals surface area contributed by atoms with Crippen molar-refractivity contribution in [2.24, 2.45) is 4.99 Å². The van der Waals surface area contributed by atoms with E-state index in [4.69, 9.17) is 16.6 Å². The van der Waals surface area contributed by atoms with E-state index in [-0.39, 0.29) is 0 Å². The Labute approximate surface area is 136 Å². The zero-order chi connectivity index (χ0) is 14.2. The first-order valence-corrected chi connectivity index (χ1v) is 9.00. The van der Waals surface area contributed by atoms with Crippen LogP contribution in [0.25, 0.3) is 10.2 Å². The van der Waals surface area contributed by atoms with Crippen LogP contribution in [0.5, 0.6) is 0 Å². The standard InChI is InChI=1S/C16H13ClN2S2/c17-11-3-5-14-15(9-11)21-16(19-14)20-12-4-6-13-10(8-12)2-1-7-18-13/h1-3,5,7-9,12-13H,4,6H2. The molecule has 0 saturated carbocycles. The van der Waals surface area contributed by atoms with Crippen LogP contribution in [0.1, 0.15) is 12.8 Å². The SMILES string of the molecule is Clc1ccc2nc(SC3C=C4C=CC=NC4CC3)sc2c1. The van der Waals surface area contributed by atoms with Crippen molar-refractivity contribution in [3.63, 3.8) is 0 Å². The van der Waals surface area contributed by atoms with Gasteiger partial charge in [0.15, 0.2) is 4.34 Å². The Balaban J connectivity index is 1.57. The predicted octanol–water partition coefficient (Wildman–Crippen LogP) is 5.14. The Morgan fingerprint density at radius 1 is 1.29 bits per heavy atom. The number of allylic oxidation sites excluding steroid dienone is 1. The maximum Gasteiger partial charge on any atom is 0.151 e. The molecule has 0 spiro atoms. The molecular weight excluding hydrogens is 320 g/mol. The molecule has 106 valence electrons. The third-order valence-electron chi connectivity index (χ3n) is 3.71. The summed E-state index contributed by atoms with van der Waals surface area (Å²) in [7, 11) is 0. The minimum Gasteiger partial charge on any atom is -0.285 e. The summed E-state index contributed by atoms with van der Waals surface area (Å²) in [5.41, 5.74) is 2.39. The van der Waals surface area contributed by atoms with Crippen molar-refractivity contribution in [3.05, 3.63) is 47.0 Å². The summed E-state index contributed by atoms with van der Waals surface area (Å²) in [6, 6.07) is 6.26. The normalized spacial score (nSPS) is 24.1. The highest BCUT2D eigenvalue weighted by molar-refractivity contribution is 8.01. The van der Waals surface area contributed by atoms with Gasteiger partial charge in [-0.3, -0.25) is 4.99 Å². The fraction of sp³-hybridized carbons (Fsp3) is 0.250. The van der Waals surface area contributed by atoms with Crippen molar-refractivity contribution in [1.29, 1.82) is 0 Å². The number of benzene rings is 1. The van der Waals surface area contributed by atoms with Gasteiger partial charge in [-0.1, -0.05) is 35.5 Å². The Morgan fingerprint density at radius 3 is 3.19 bits per heavy atom. The molecule has 0 amide bonds. The van der Waals surface area contributed by atoms with E-state index in [0.29, 0.717) is 11.3 Å². The van der Waals surface area contributed by atoms with E-state index in [1.807, 2.05) is 42.3 Å². The van der Waals surface area contributed by atoms with Crippen LogP contribution < -0.4 is 0 Å². The second-order valence-electron chi connectivity index (χ2n) is 5.17. The number of hydrogen-bond donors (Lipinski definition) is 0. The molecule has 4 rings (SSSR count). The van der Waals surface area contributed by atoms with Crippen molar-refractivity contribution >= 4 is 51.1 Å². The summed E-state index contributed by atoms with van der Waals surface area (Å²) in [6.45, 7) is 0. The fourth-order valence-electron chi connectivity index (χ4n) is 2.68. The van der Waals surface area contributed by atoms with Gasteiger partial charge in [0, 0.05) is 16.5 Å². The Kier molecular flexibility index (Phi) is 3.61. The summed E-state index contributed by atoms with van der Waals surface area (Å²) in [5.74, 6) is 0. The van der Waals surface area contributed by atoms with Crippen molar-refractivity contribution in [2.45, 2.75) is 28.5 Å². The van der Waals surface area contributed by atoms with E-state index in [1.54, 1.807) is 11.3 Å². The van der Waals surface area contributed by atoms with Crippen LogP contribution in [0.15, 0.2) is 51.3 Å². The lowest BCUT2D eigenvalue weighted by molar-refractivity contribution is 0.634. The van der Waals surface area contributed by atoms with Crippen LogP contribution in [-0.2, 0) is 0 Å². The molecule has 2 aliphatic rings. The minimum absolute atomic E-state index is 0.376. The number of dihydropyridines is 1. The second-order valence-corrected chi connectivity index (χ2v) is 8.12. The van der Waals surface area contributed by atoms with E-state index >= 15 is 0 Å². The Hall–Kier alpha value is -1.10. The van der Waals surface area contributed by atoms with Gasteiger partial charge < -0.3 is 0 Å². The number of fused-ring (bicyclic) bond motifs is 2. The smallest absolute Gasteiger partial charge is 0.151 e. The average Bonchev–Trinajstić information content (AvgIpc) is 2.88. The molecule has 1 aliphatic carbocycles. The molecule has 2 aromatic rings. The van der Waals surface area contributed by atoms with E-state index < -0.39 is 0 Å². The maximum absolute atomic E-state index is 6.04. The molecule has 2 unspecified atom stereocenters. The third-order valence-corrected chi connectivity index (χ3v) is 6.27. The molecule has 0 fully saturated rings. The maximum atomic E-state index is 6.04. The largest absolute Gasteiger partial charge is 0.285 e. The van der Waals surface area contributed by atoms with Crippen LogP contribution in [-0.4, -0.2) is 22.5 Å². The number of thioether (sulfide) groups is 1. The number of nitrogens with zero attached hydrogens (tertiary/aromatic N) is 2. The zero-order valence-electron chi connectivity index (χ0n) is 11.2. The van der Waals surface area contributed by atoms with Gasteiger partial charge in [0.05, 0.1) is 16.3 Å². The quantitative estimate of drug-likeness (QED) is 0.760. The van der Waals surface area contributed by atoms with Crippen molar-refractivity contribution in [3.8, 4) is 0 Å². The number of hydrogen-bond acceptors (Lipinski definition) is 4. The monoisotopic (exact) mass is 332 g/mol. The van der Waals surface area contributed by atoms with Crippen molar-refractivity contribution < 1.29 is 0 Å². The van der Waals surface area contributed by atoms with Crippen molar-refractivity contribution in [2.75, 3.05) is 0 Å². The molecule has 1 aromatic heterocycles. The molecule has 5 heteroatoms. The minimum atomic E-state index is 0.376. The van der Waals surface area contributed by atoms with Gasteiger partial charge in [-0.2, -0.15) is 0 Å². The van der Waals surface area contributed by atoms with Crippen LogP contribution in [0, 0.1) is 0 Å². The summed E-state index contributed by atoms with van der Waals surface area (Å²) in [6.07, 6.45) is 10.7. The topological polar surface area (TPSA) is 25.2 Å². The zero-order valence-corrected chi connectivity index (χ0v) is 13.6. The van der Waals surface area contributed by atoms with Gasteiger partial charge in [-0.05, 0) is 42.7 Å². The summed E-state index contributed by atoms with van der Waals surface area (Å²) in [5, 5.41) is 1.26. The van der Waals surface area contributed by atoms with Gasteiger partial charge >= 0.3 is 0 Å². The third kappa shape index (κ3) is 2.80. The summed E-state index contributed by atoms with van der Waals surface area (Å²) < 4.78 is 2.28. The Bertz CT molecular complexity index is 776. The molecule has 0 N–H and O–H groups in total. The van der Waals surface area contributed by atoms with Crippen LogP contribution in [0.4, 0.5) is 0 Å². The molecule has 2 heterocycles. The lowest BCUT2D eigenvalue weighted by Crippen LogP contribution is -2.19. The molecule has 1 aromatic carbocycles. The number of rotatable bonds is 2. The second kappa shape index (κ2) is 5.59. The van der Waals surface area contributed by atoms with E-state index in [2.05, 4.69) is 17.1 Å². The highest BCUT2D eigenvalue weighted by atomic mass is 35.5. The predicted molar refractivity (Wildman–Crippen MR) is 93.0 cm³/mol. The van der Waals surface area contributed by atoms with Crippen molar-refractivity contribution in [1.82, 2.24) is 4.98 Å². The van der Waals surface area contributed by atoms with Gasteiger partial charge in [0.2, 0.25) is 0 Å². The number of aromatic nitrogens is 1. The Morgan fingerprint density at radius 2 is 2.24 bits per heavy atom. The first-order chi connectivity index (χ1) is 10.3. The molecule has 21 heavy (non-hydrogen) atoms. The van der Waals surface area contributed by atoms with E-state index in [9.17, 15) is 0 Å². The summed E-state index contributed by atoms with van der Waals surface area (Å²) >= 11 is 9.62. The van der Waals surface area contributed by atoms with Gasteiger partial charge in [0.1, 0.15) is 0 Å². The highest BCUT2D eigenvalue weighted by Crippen LogP contribution is 2.38. The molecule has 2 atom stereocenters. The average molecular weight is 333 g/mol. The fourth-order valence-corrected chi connectivity index (χ4v) is 5.38. The van der Waals surface area contributed by atoms with E-state index in [0.717, 1.165) is 32.4 Å².